The number of carbonyl (C=O) groups excluding carboxylic acids is 1. The summed E-state index contributed by atoms with van der Waals surface area (Å²) in [5.41, 5.74) is 0.943. The Hall–Kier alpha value is -2.14. The Morgan fingerprint density at radius 2 is 2.00 bits per heavy atom. The molecule has 1 aromatic carbocycles. The van der Waals surface area contributed by atoms with E-state index in [1.807, 2.05) is 42.2 Å². The van der Waals surface area contributed by atoms with Crippen molar-refractivity contribution in [3.05, 3.63) is 53.2 Å². The average Bonchev–Trinajstić information content (AvgIpc) is 2.86. The number of aryl methyl sites for hydroxylation is 2. The highest BCUT2D eigenvalue weighted by Crippen LogP contribution is 2.32. The van der Waals surface area contributed by atoms with Gasteiger partial charge in [-0.2, -0.15) is 0 Å². The quantitative estimate of drug-likeness (QED) is 0.855. The molecule has 5 nitrogen and oxygen atoms in total. The zero-order chi connectivity index (χ0) is 15.7. The van der Waals surface area contributed by atoms with Gasteiger partial charge in [0.25, 0.3) is 5.91 Å². The molecule has 2 aromatic rings. The fourth-order valence-electron chi connectivity index (χ4n) is 2.97. The average molecular weight is 300 g/mol. The molecule has 0 bridgehead atoms. The standard InChI is InChI=1S/C17H20N2O3/c1-12-15(18-13(2)22-12)16(20)19-9-10-21-11-17(19,3)14-7-5-4-6-8-14/h4-8H,9-11H2,1-3H3/t17-/m1/s1. The number of nitrogens with zero attached hydrogens (tertiary/aromatic N) is 2. The van der Waals surface area contributed by atoms with E-state index in [0.717, 1.165) is 5.56 Å². The highest BCUT2D eigenvalue weighted by atomic mass is 16.5. The van der Waals surface area contributed by atoms with Gasteiger partial charge in [0.15, 0.2) is 11.6 Å². The van der Waals surface area contributed by atoms with Crippen LogP contribution in [0.5, 0.6) is 0 Å². The first-order valence-corrected chi connectivity index (χ1v) is 7.41. The van der Waals surface area contributed by atoms with Crippen molar-refractivity contribution in [2.45, 2.75) is 26.3 Å². The van der Waals surface area contributed by atoms with Gasteiger partial charge in [0.05, 0.1) is 18.8 Å². The molecule has 3 rings (SSSR count). The fourth-order valence-corrected chi connectivity index (χ4v) is 2.97. The molecule has 1 aromatic heterocycles. The summed E-state index contributed by atoms with van der Waals surface area (Å²) in [6.07, 6.45) is 0. The van der Waals surface area contributed by atoms with E-state index in [1.165, 1.54) is 0 Å². The predicted molar refractivity (Wildman–Crippen MR) is 81.6 cm³/mol. The minimum atomic E-state index is -0.504. The first-order valence-electron chi connectivity index (χ1n) is 7.41. The van der Waals surface area contributed by atoms with Crippen LogP contribution in [0.3, 0.4) is 0 Å². The molecule has 1 aliphatic rings. The Morgan fingerprint density at radius 3 is 2.64 bits per heavy atom. The lowest BCUT2D eigenvalue weighted by atomic mass is 9.89. The second kappa shape index (κ2) is 5.57. The number of hydrogen-bond donors (Lipinski definition) is 0. The molecule has 0 spiro atoms. The SMILES string of the molecule is Cc1nc(C(=O)N2CCOC[C@]2(C)c2ccccc2)c(C)o1. The maximum Gasteiger partial charge on any atom is 0.276 e. The van der Waals surface area contributed by atoms with E-state index in [9.17, 15) is 4.79 Å². The summed E-state index contributed by atoms with van der Waals surface area (Å²) >= 11 is 0. The lowest BCUT2D eigenvalue weighted by Crippen LogP contribution is -2.55. The van der Waals surface area contributed by atoms with Gasteiger partial charge in [-0.25, -0.2) is 4.98 Å². The van der Waals surface area contributed by atoms with Crippen LogP contribution in [0.4, 0.5) is 0 Å². The minimum absolute atomic E-state index is 0.107. The maximum atomic E-state index is 13.0. The van der Waals surface area contributed by atoms with Crippen molar-refractivity contribution in [3.8, 4) is 0 Å². The molecule has 2 heterocycles. The highest BCUT2D eigenvalue weighted by Gasteiger charge is 2.41. The van der Waals surface area contributed by atoms with Gasteiger partial charge in [0.1, 0.15) is 5.76 Å². The second-order valence-corrected chi connectivity index (χ2v) is 5.79. The van der Waals surface area contributed by atoms with E-state index in [0.29, 0.717) is 37.1 Å². The Labute approximate surface area is 129 Å². The van der Waals surface area contributed by atoms with E-state index >= 15 is 0 Å². The number of morpholine rings is 1. The van der Waals surface area contributed by atoms with Crippen LogP contribution in [-0.2, 0) is 10.3 Å². The molecular weight excluding hydrogens is 280 g/mol. The highest BCUT2D eigenvalue weighted by molar-refractivity contribution is 5.94. The zero-order valence-electron chi connectivity index (χ0n) is 13.1. The van der Waals surface area contributed by atoms with E-state index in [1.54, 1.807) is 13.8 Å². The molecule has 1 fully saturated rings. The molecule has 0 N–H and O–H groups in total. The topological polar surface area (TPSA) is 55.6 Å². The number of oxazole rings is 1. The maximum absolute atomic E-state index is 13.0. The smallest absolute Gasteiger partial charge is 0.276 e. The van der Waals surface area contributed by atoms with E-state index < -0.39 is 5.54 Å². The first-order chi connectivity index (χ1) is 10.5. The fraction of sp³-hybridized carbons (Fsp3) is 0.412. The van der Waals surface area contributed by atoms with Crippen molar-refractivity contribution in [3.63, 3.8) is 0 Å². The van der Waals surface area contributed by atoms with E-state index in [4.69, 9.17) is 9.15 Å². The number of carbonyl (C=O) groups is 1. The lowest BCUT2D eigenvalue weighted by Gasteiger charge is -2.44. The van der Waals surface area contributed by atoms with Crippen molar-refractivity contribution in [2.24, 2.45) is 0 Å². The van der Waals surface area contributed by atoms with Gasteiger partial charge in [0.2, 0.25) is 0 Å². The Bertz CT molecular complexity index is 680. The van der Waals surface area contributed by atoms with Crippen LogP contribution >= 0.6 is 0 Å². The van der Waals surface area contributed by atoms with Crippen molar-refractivity contribution in [1.82, 2.24) is 9.88 Å². The van der Waals surface area contributed by atoms with Crippen LogP contribution in [0.15, 0.2) is 34.7 Å². The molecule has 1 aliphatic heterocycles. The molecular formula is C17H20N2O3. The molecule has 1 amide bonds. The third-order valence-corrected chi connectivity index (χ3v) is 4.19. The number of hydrogen-bond acceptors (Lipinski definition) is 4. The molecule has 0 saturated carbocycles. The number of amides is 1. The summed E-state index contributed by atoms with van der Waals surface area (Å²) < 4.78 is 11.1. The molecule has 1 atom stereocenters. The predicted octanol–water partition coefficient (Wildman–Crippen LogP) is 2.68. The monoisotopic (exact) mass is 300 g/mol. The number of aromatic nitrogens is 1. The third-order valence-electron chi connectivity index (χ3n) is 4.19. The first kappa shape index (κ1) is 14.8. The molecule has 1 saturated heterocycles. The van der Waals surface area contributed by atoms with Crippen LogP contribution in [0.25, 0.3) is 0 Å². The van der Waals surface area contributed by atoms with Crippen LogP contribution in [-0.4, -0.2) is 35.5 Å². The van der Waals surface area contributed by atoms with E-state index in [2.05, 4.69) is 4.98 Å². The lowest BCUT2D eigenvalue weighted by molar-refractivity contribution is -0.0483. The van der Waals surface area contributed by atoms with Gasteiger partial charge < -0.3 is 14.1 Å². The minimum Gasteiger partial charge on any atom is -0.445 e. The molecule has 0 aliphatic carbocycles. The second-order valence-electron chi connectivity index (χ2n) is 5.79. The number of rotatable bonds is 2. The summed E-state index contributed by atoms with van der Waals surface area (Å²) in [5.74, 6) is 0.962. The summed E-state index contributed by atoms with van der Waals surface area (Å²) in [5, 5.41) is 0. The van der Waals surface area contributed by atoms with Crippen LogP contribution < -0.4 is 0 Å². The van der Waals surface area contributed by atoms with Crippen LogP contribution in [0.2, 0.25) is 0 Å². The summed E-state index contributed by atoms with van der Waals surface area (Å²) in [4.78, 5) is 19.1. The Kier molecular flexibility index (Phi) is 3.74. The molecule has 0 unspecified atom stereocenters. The molecule has 5 heteroatoms. The van der Waals surface area contributed by atoms with Crippen LogP contribution in [0, 0.1) is 13.8 Å². The van der Waals surface area contributed by atoms with Gasteiger partial charge in [-0.05, 0) is 19.4 Å². The van der Waals surface area contributed by atoms with Gasteiger partial charge >= 0.3 is 0 Å². The molecule has 0 radical (unpaired) electrons. The normalized spacial score (nSPS) is 21.9. The third kappa shape index (κ3) is 2.41. The van der Waals surface area contributed by atoms with Crippen molar-refractivity contribution < 1.29 is 13.9 Å². The van der Waals surface area contributed by atoms with Crippen molar-refractivity contribution >= 4 is 5.91 Å². The molecule has 116 valence electrons. The summed E-state index contributed by atoms with van der Waals surface area (Å²) in [7, 11) is 0. The van der Waals surface area contributed by atoms with Crippen molar-refractivity contribution in [2.75, 3.05) is 19.8 Å². The van der Waals surface area contributed by atoms with Gasteiger partial charge in [0, 0.05) is 13.5 Å². The number of benzene rings is 1. The molecule has 22 heavy (non-hydrogen) atoms. The number of ether oxygens (including phenoxy) is 1. The van der Waals surface area contributed by atoms with Crippen LogP contribution in [0.1, 0.15) is 34.6 Å². The Balaban J connectivity index is 2.00. The van der Waals surface area contributed by atoms with Gasteiger partial charge in [-0.3, -0.25) is 4.79 Å². The summed E-state index contributed by atoms with van der Waals surface area (Å²) in [6.45, 7) is 7.09. The van der Waals surface area contributed by atoms with Crippen molar-refractivity contribution in [1.29, 1.82) is 0 Å². The zero-order valence-corrected chi connectivity index (χ0v) is 13.1. The van der Waals surface area contributed by atoms with E-state index in [-0.39, 0.29) is 5.91 Å². The largest absolute Gasteiger partial charge is 0.445 e. The Morgan fingerprint density at radius 1 is 1.27 bits per heavy atom. The summed E-state index contributed by atoms with van der Waals surface area (Å²) in [6, 6.07) is 9.96. The van der Waals surface area contributed by atoms with Gasteiger partial charge in [-0.15, -0.1) is 0 Å². The van der Waals surface area contributed by atoms with Gasteiger partial charge in [-0.1, -0.05) is 30.3 Å².